The van der Waals surface area contributed by atoms with E-state index in [9.17, 15) is 4.79 Å². The molecule has 0 bridgehead atoms. The van der Waals surface area contributed by atoms with Gasteiger partial charge in [-0.3, -0.25) is 4.79 Å². The first-order chi connectivity index (χ1) is 9.34. The Morgan fingerprint density at radius 1 is 1.32 bits per heavy atom. The molecule has 2 aliphatic heterocycles. The SMILES string of the molecule is O=C(NCc1ccccc1)C1=CSC2=CC=CCN21. The van der Waals surface area contributed by atoms with Crippen molar-refractivity contribution in [3.63, 3.8) is 0 Å². The van der Waals surface area contributed by atoms with Gasteiger partial charge in [-0.2, -0.15) is 0 Å². The highest BCUT2D eigenvalue weighted by Crippen LogP contribution is 2.35. The van der Waals surface area contributed by atoms with E-state index in [0.29, 0.717) is 6.54 Å². The van der Waals surface area contributed by atoms with Gasteiger partial charge >= 0.3 is 0 Å². The molecule has 2 heterocycles. The Morgan fingerprint density at radius 3 is 3.00 bits per heavy atom. The molecule has 0 atom stereocenters. The zero-order valence-corrected chi connectivity index (χ0v) is 11.2. The first kappa shape index (κ1) is 12.1. The van der Waals surface area contributed by atoms with Crippen LogP contribution >= 0.6 is 11.8 Å². The number of thioether (sulfide) groups is 1. The minimum atomic E-state index is -0.0185. The molecule has 2 aliphatic rings. The minimum absolute atomic E-state index is 0.0185. The Balaban J connectivity index is 1.63. The van der Waals surface area contributed by atoms with Gasteiger partial charge in [0.2, 0.25) is 0 Å². The van der Waals surface area contributed by atoms with Crippen LogP contribution in [-0.2, 0) is 11.3 Å². The van der Waals surface area contributed by atoms with Crippen LogP contribution in [-0.4, -0.2) is 17.4 Å². The lowest BCUT2D eigenvalue weighted by atomic mass is 10.2. The van der Waals surface area contributed by atoms with E-state index in [1.807, 2.05) is 58.9 Å². The van der Waals surface area contributed by atoms with Gasteiger partial charge in [-0.1, -0.05) is 54.2 Å². The monoisotopic (exact) mass is 270 g/mol. The summed E-state index contributed by atoms with van der Waals surface area (Å²) in [4.78, 5) is 14.2. The molecule has 1 amide bonds. The zero-order chi connectivity index (χ0) is 13.1. The lowest BCUT2D eigenvalue weighted by Crippen LogP contribution is -2.32. The minimum Gasteiger partial charge on any atom is -0.347 e. The smallest absolute Gasteiger partial charge is 0.268 e. The fourth-order valence-corrected chi connectivity index (χ4v) is 2.97. The molecule has 96 valence electrons. The van der Waals surface area contributed by atoms with Gasteiger partial charge in [0.25, 0.3) is 5.91 Å². The van der Waals surface area contributed by atoms with Crippen LogP contribution in [0.15, 0.2) is 64.7 Å². The highest BCUT2D eigenvalue weighted by Gasteiger charge is 2.26. The van der Waals surface area contributed by atoms with E-state index in [4.69, 9.17) is 0 Å². The summed E-state index contributed by atoms with van der Waals surface area (Å²) in [6, 6.07) is 9.93. The van der Waals surface area contributed by atoms with E-state index in [2.05, 4.69) is 5.32 Å². The average Bonchev–Trinajstić information content (AvgIpc) is 2.90. The van der Waals surface area contributed by atoms with E-state index in [-0.39, 0.29) is 5.91 Å². The molecular formula is C15H14N2OS. The van der Waals surface area contributed by atoms with Crippen molar-refractivity contribution in [1.29, 1.82) is 0 Å². The molecule has 19 heavy (non-hydrogen) atoms. The van der Waals surface area contributed by atoms with Crippen LogP contribution in [0.3, 0.4) is 0 Å². The molecule has 0 aromatic heterocycles. The number of hydrogen-bond donors (Lipinski definition) is 1. The quantitative estimate of drug-likeness (QED) is 0.916. The van der Waals surface area contributed by atoms with Crippen molar-refractivity contribution in [2.75, 3.05) is 6.54 Å². The third kappa shape index (κ3) is 2.58. The van der Waals surface area contributed by atoms with Gasteiger partial charge < -0.3 is 10.2 Å². The molecule has 0 radical (unpaired) electrons. The van der Waals surface area contributed by atoms with E-state index in [0.717, 1.165) is 22.8 Å². The van der Waals surface area contributed by atoms with Crippen LogP contribution < -0.4 is 5.32 Å². The summed E-state index contributed by atoms with van der Waals surface area (Å²) in [6.07, 6.45) is 6.10. The van der Waals surface area contributed by atoms with Crippen molar-refractivity contribution in [2.24, 2.45) is 0 Å². The predicted octanol–water partition coefficient (Wildman–Crippen LogP) is 2.60. The van der Waals surface area contributed by atoms with Crippen LogP contribution in [0, 0.1) is 0 Å². The second-order valence-corrected chi connectivity index (χ2v) is 5.22. The second-order valence-electron chi connectivity index (χ2n) is 4.33. The molecule has 0 saturated carbocycles. The summed E-state index contributed by atoms with van der Waals surface area (Å²) in [7, 11) is 0. The van der Waals surface area contributed by atoms with Crippen molar-refractivity contribution in [2.45, 2.75) is 6.54 Å². The van der Waals surface area contributed by atoms with Gasteiger partial charge in [0.15, 0.2) is 0 Å². The molecule has 3 nitrogen and oxygen atoms in total. The summed E-state index contributed by atoms with van der Waals surface area (Å²) < 4.78 is 0. The molecule has 0 saturated heterocycles. The molecule has 0 aliphatic carbocycles. The van der Waals surface area contributed by atoms with Crippen molar-refractivity contribution in [3.05, 3.63) is 70.3 Å². The number of fused-ring (bicyclic) bond motifs is 1. The van der Waals surface area contributed by atoms with Crippen molar-refractivity contribution < 1.29 is 4.79 Å². The number of carbonyl (C=O) groups is 1. The van der Waals surface area contributed by atoms with Crippen molar-refractivity contribution in [1.82, 2.24) is 10.2 Å². The Labute approximate surface area is 116 Å². The van der Waals surface area contributed by atoms with Gasteiger partial charge in [0, 0.05) is 18.5 Å². The highest BCUT2D eigenvalue weighted by molar-refractivity contribution is 8.06. The van der Waals surface area contributed by atoms with Crippen molar-refractivity contribution >= 4 is 17.7 Å². The predicted molar refractivity (Wildman–Crippen MR) is 77.9 cm³/mol. The summed E-state index contributed by atoms with van der Waals surface area (Å²) in [5.74, 6) is -0.0185. The van der Waals surface area contributed by atoms with Crippen LogP contribution in [0.4, 0.5) is 0 Å². The topological polar surface area (TPSA) is 32.3 Å². The maximum Gasteiger partial charge on any atom is 0.268 e. The molecule has 4 heteroatoms. The molecular weight excluding hydrogens is 256 g/mol. The number of benzene rings is 1. The number of hydrogen-bond acceptors (Lipinski definition) is 3. The summed E-state index contributed by atoms with van der Waals surface area (Å²) in [6.45, 7) is 1.33. The summed E-state index contributed by atoms with van der Waals surface area (Å²) >= 11 is 1.60. The molecule has 0 fully saturated rings. The first-order valence-electron chi connectivity index (χ1n) is 6.18. The maximum atomic E-state index is 12.2. The summed E-state index contributed by atoms with van der Waals surface area (Å²) in [5.41, 5.74) is 1.84. The standard InChI is InChI=1S/C15H14N2OS/c18-15(16-10-12-6-2-1-3-7-12)13-11-19-14-8-4-5-9-17(13)14/h1-8,11H,9-10H2,(H,16,18). The van der Waals surface area contributed by atoms with Crippen molar-refractivity contribution in [3.8, 4) is 0 Å². The van der Waals surface area contributed by atoms with E-state index >= 15 is 0 Å². The number of carbonyl (C=O) groups excluding carboxylic acids is 1. The maximum absolute atomic E-state index is 12.2. The van der Waals surface area contributed by atoms with Gasteiger partial charge in [-0.15, -0.1) is 0 Å². The van der Waals surface area contributed by atoms with E-state index in [1.165, 1.54) is 0 Å². The fraction of sp³-hybridized carbons (Fsp3) is 0.133. The molecule has 1 N–H and O–H groups in total. The average molecular weight is 270 g/mol. The van der Waals surface area contributed by atoms with Crippen LogP contribution in [0.2, 0.25) is 0 Å². The molecule has 3 rings (SSSR count). The zero-order valence-electron chi connectivity index (χ0n) is 10.4. The van der Waals surface area contributed by atoms with Gasteiger partial charge in [-0.25, -0.2) is 0 Å². The van der Waals surface area contributed by atoms with E-state index in [1.54, 1.807) is 11.8 Å². The number of rotatable bonds is 3. The second kappa shape index (κ2) is 5.36. The Bertz CT molecular complexity index is 575. The molecule has 0 spiro atoms. The Morgan fingerprint density at radius 2 is 2.16 bits per heavy atom. The van der Waals surface area contributed by atoms with Crippen LogP contribution in [0.1, 0.15) is 5.56 Å². The number of nitrogens with zero attached hydrogens (tertiary/aromatic N) is 1. The van der Waals surface area contributed by atoms with Crippen LogP contribution in [0.25, 0.3) is 0 Å². The normalized spacial score (nSPS) is 16.7. The lowest BCUT2D eigenvalue weighted by Gasteiger charge is -2.23. The highest BCUT2D eigenvalue weighted by atomic mass is 32.2. The molecule has 1 aromatic rings. The van der Waals surface area contributed by atoms with Gasteiger partial charge in [0.05, 0.1) is 5.03 Å². The third-order valence-corrected chi connectivity index (χ3v) is 3.98. The lowest BCUT2D eigenvalue weighted by molar-refractivity contribution is -0.118. The number of nitrogens with one attached hydrogen (secondary N) is 1. The first-order valence-corrected chi connectivity index (χ1v) is 7.06. The Hall–Kier alpha value is -1.94. The molecule has 1 aromatic carbocycles. The Kier molecular flexibility index (Phi) is 3.42. The number of amides is 1. The summed E-state index contributed by atoms with van der Waals surface area (Å²) in [5, 5.41) is 5.99. The van der Waals surface area contributed by atoms with E-state index < -0.39 is 0 Å². The fourth-order valence-electron chi connectivity index (χ4n) is 2.04. The van der Waals surface area contributed by atoms with Gasteiger partial charge in [0.1, 0.15) is 5.70 Å². The largest absolute Gasteiger partial charge is 0.347 e. The van der Waals surface area contributed by atoms with Crippen LogP contribution in [0.5, 0.6) is 0 Å². The number of allylic oxidation sites excluding steroid dienone is 2. The van der Waals surface area contributed by atoms with Gasteiger partial charge in [-0.05, 0) is 11.6 Å². The molecule has 0 unspecified atom stereocenters. The third-order valence-electron chi connectivity index (χ3n) is 3.04.